The molecule has 1 saturated heterocycles. The lowest BCUT2D eigenvalue weighted by molar-refractivity contribution is -0.256. The molecule has 4 aromatic carbocycles. The zero-order valence-corrected chi connectivity index (χ0v) is 30.5. The summed E-state index contributed by atoms with van der Waals surface area (Å²) in [6, 6.07) is 39.3. The summed E-state index contributed by atoms with van der Waals surface area (Å²) in [5.74, 6) is 1.14. The van der Waals surface area contributed by atoms with Gasteiger partial charge in [-0.1, -0.05) is 103 Å². The molecule has 4 atom stereocenters. The van der Waals surface area contributed by atoms with Crippen LogP contribution in [0.1, 0.15) is 35.1 Å². The van der Waals surface area contributed by atoms with Crippen molar-refractivity contribution in [3.63, 3.8) is 0 Å². The molecule has 0 aliphatic carbocycles. The van der Waals surface area contributed by atoms with Crippen molar-refractivity contribution in [2.75, 3.05) is 50.0 Å². The van der Waals surface area contributed by atoms with Gasteiger partial charge in [0.05, 0.1) is 33.5 Å². The van der Waals surface area contributed by atoms with E-state index < -0.39 is 12.3 Å². The highest BCUT2D eigenvalue weighted by molar-refractivity contribution is 6.18. The van der Waals surface area contributed by atoms with Crippen LogP contribution < -0.4 is 4.90 Å². The highest BCUT2D eigenvalue weighted by atomic mass is 35.5. The van der Waals surface area contributed by atoms with Crippen LogP contribution in [-0.4, -0.2) is 74.7 Å². The van der Waals surface area contributed by atoms with Gasteiger partial charge in [0.15, 0.2) is 6.23 Å². The molecule has 4 aromatic rings. The van der Waals surface area contributed by atoms with Gasteiger partial charge < -0.3 is 23.8 Å². The normalized spacial score (nSPS) is 18.9. The van der Waals surface area contributed by atoms with Gasteiger partial charge in [-0.3, -0.25) is 4.84 Å². The predicted molar refractivity (Wildman–Crippen MR) is 202 cm³/mol. The lowest BCUT2D eigenvalue weighted by atomic mass is 10.1. The van der Waals surface area contributed by atoms with Gasteiger partial charge in [0.2, 0.25) is 0 Å². The van der Waals surface area contributed by atoms with Crippen molar-refractivity contribution in [2.45, 2.75) is 63.6 Å². The number of hydrogen-bond donors (Lipinski definition) is 0. The molecule has 5 rings (SSSR count). The fraction of sp³-hybridized carbons (Fsp3) is 0.415. The summed E-state index contributed by atoms with van der Waals surface area (Å²) < 4.78 is 26.3. The number of hydroxylamine groups is 2. The number of nitrogens with zero attached hydrogens (tertiary/aromatic N) is 2. The Balaban J connectivity index is 1.25. The van der Waals surface area contributed by atoms with Crippen LogP contribution in [0.5, 0.6) is 0 Å². The predicted octanol–water partition coefficient (Wildman–Crippen LogP) is 8.27. The Morgan fingerprint density at radius 2 is 1.14 bits per heavy atom. The summed E-state index contributed by atoms with van der Waals surface area (Å²) in [7, 11) is 1.70. The van der Waals surface area contributed by atoms with Crippen molar-refractivity contribution in [1.82, 2.24) is 5.06 Å². The van der Waals surface area contributed by atoms with E-state index in [9.17, 15) is 0 Å². The quantitative estimate of drug-likeness (QED) is 0.0460. The molecule has 1 heterocycles. The first-order chi connectivity index (χ1) is 24.7. The average molecular weight is 722 g/mol. The molecule has 7 nitrogen and oxygen atoms in total. The van der Waals surface area contributed by atoms with E-state index in [2.05, 4.69) is 65.6 Å². The van der Waals surface area contributed by atoms with Crippen LogP contribution in [0.15, 0.2) is 115 Å². The number of rotatable bonds is 22. The maximum atomic E-state index is 6.75. The van der Waals surface area contributed by atoms with Gasteiger partial charge in [-0.2, -0.15) is 5.06 Å². The van der Waals surface area contributed by atoms with Crippen LogP contribution in [0.3, 0.4) is 0 Å². The van der Waals surface area contributed by atoms with Crippen molar-refractivity contribution < 1.29 is 23.8 Å². The minimum absolute atomic E-state index is 0.358. The molecule has 0 amide bonds. The van der Waals surface area contributed by atoms with Crippen molar-refractivity contribution >= 4 is 28.9 Å². The Morgan fingerprint density at radius 3 is 1.68 bits per heavy atom. The molecule has 1 aliphatic heterocycles. The summed E-state index contributed by atoms with van der Waals surface area (Å²) in [5.41, 5.74) is 5.72. The lowest BCUT2D eigenvalue weighted by Crippen LogP contribution is -2.46. The van der Waals surface area contributed by atoms with Gasteiger partial charge in [0.25, 0.3) is 0 Å². The summed E-state index contributed by atoms with van der Waals surface area (Å²) in [6.45, 7) is 3.93. The Morgan fingerprint density at radius 1 is 0.600 bits per heavy atom. The van der Waals surface area contributed by atoms with E-state index in [4.69, 9.17) is 47.0 Å². The van der Waals surface area contributed by atoms with Crippen LogP contribution in [0.25, 0.3) is 0 Å². The topological polar surface area (TPSA) is 52.6 Å². The second-order valence-corrected chi connectivity index (χ2v) is 13.2. The molecular weight excluding hydrogens is 671 g/mol. The van der Waals surface area contributed by atoms with E-state index >= 15 is 0 Å². The van der Waals surface area contributed by atoms with Gasteiger partial charge in [0, 0.05) is 37.1 Å². The van der Waals surface area contributed by atoms with Crippen LogP contribution in [0.4, 0.5) is 5.69 Å². The fourth-order valence-electron chi connectivity index (χ4n) is 6.22. The smallest absolute Gasteiger partial charge is 0.162 e. The number of ether oxygens (including phenoxy) is 4. The zero-order chi connectivity index (χ0) is 34.8. The van der Waals surface area contributed by atoms with Gasteiger partial charge in [-0.15, -0.1) is 23.2 Å². The SMILES string of the molecule is CON(CCCCc1ccc(N(CCCl)CCCl)cc1)C1O[C@H](COCc2ccccc2)[C@@H](OCc2ccccc2)[C@H]1OCc1ccccc1. The van der Waals surface area contributed by atoms with E-state index in [1.807, 2.05) is 59.7 Å². The Labute approximate surface area is 307 Å². The molecule has 0 bridgehead atoms. The average Bonchev–Trinajstić information content (AvgIpc) is 3.51. The van der Waals surface area contributed by atoms with E-state index in [0.29, 0.717) is 44.7 Å². The summed E-state index contributed by atoms with van der Waals surface area (Å²) in [5, 5.41) is 1.91. The van der Waals surface area contributed by atoms with Gasteiger partial charge >= 0.3 is 0 Å². The molecule has 0 saturated carbocycles. The molecule has 1 fully saturated rings. The standard InChI is InChI=1S/C41H50Cl2N2O5/c1-46-45(26-12-11-13-33-20-22-37(23-21-33)44(27-24-42)28-25-43)41-40(49-31-36-18-9-4-10-19-36)39(48-30-35-16-7-3-8-17-35)38(50-41)32-47-29-34-14-5-2-6-15-34/h2-10,14-23,38-41H,11-13,24-32H2,1H3/t38-,39-,40-,41?/m1/s1. The Kier molecular flexibility index (Phi) is 16.4. The fourth-order valence-corrected chi connectivity index (χ4v) is 6.63. The third-order valence-electron chi connectivity index (χ3n) is 8.87. The van der Waals surface area contributed by atoms with E-state index in [1.54, 1.807) is 7.11 Å². The van der Waals surface area contributed by atoms with Crippen LogP contribution in [0.2, 0.25) is 0 Å². The summed E-state index contributed by atoms with van der Waals surface area (Å²) >= 11 is 12.0. The third kappa shape index (κ3) is 11.8. The highest BCUT2D eigenvalue weighted by Gasteiger charge is 2.49. The van der Waals surface area contributed by atoms with Gasteiger partial charge in [0.1, 0.15) is 18.3 Å². The Hall–Kier alpha value is -2.98. The van der Waals surface area contributed by atoms with Gasteiger partial charge in [-0.05, 0) is 53.6 Å². The molecule has 0 radical (unpaired) electrons. The molecule has 268 valence electrons. The maximum Gasteiger partial charge on any atom is 0.162 e. The molecule has 9 heteroatoms. The van der Waals surface area contributed by atoms with E-state index in [1.165, 1.54) is 5.56 Å². The first kappa shape index (κ1) is 38.3. The molecule has 1 unspecified atom stereocenters. The van der Waals surface area contributed by atoms with Gasteiger partial charge in [-0.25, -0.2) is 0 Å². The number of alkyl halides is 2. The molecule has 0 N–H and O–H groups in total. The van der Waals surface area contributed by atoms with E-state index in [0.717, 1.165) is 54.7 Å². The Bertz CT molecular complexity index is 1460. The number of anilines is 1. The van der Waals surface area contributed by atoms with Crippen molar-refractivity contribution in [3.05, 3.63) is 138 Å². The number of halogens is 2. The zero-order valence-electron chi connectivity index (χ0n) is 29.0. The van der Waals surface area contributed by atoms with Crippen molar-refractivity contribution in [2.24, 2.45) is 0 Å². The number of benzene rings is 4. The first-order valence-corrected chi connectivity index (χ1v) is 18.6. The van der Waals surface area contributed by atoms with Crippen LogP contribution in [-0.2, 0) is 50.0 Å². The van der Waals surface area contributed by atoms with Crippen LogP contribution in [0, 0.1) is 0 Å². The monoisotopic (exact) mass is 720 g/mol. The molecule has 1 aliphatic rings. The number of hydrogen-bond acceptors (Lipinski definition) is 7. The number of aryl methyl sites for hydroxylation is 1. The first-order valence-electron chi connectivity index (χ1n) is 17.5. The lowest BCUT2D eigenvalue weighted by Gasteiger charge is -2.31. The molecule has 50 heavy (non-hydrogen) atoms. The minimum Gasteiger partial charge on any atom is -0.374 e. The molecule has 0 aromatic heterocycles. The highest BCUT2D eigenvalue weighted by Crippen LogP contribution is 2.32. The number of unbranched alkanes of at least 4 members (excludes halogenated alkanes) is 1. The third-order valence-corrected chi connectivity index (χ3v) is 9.21. The summed E-state index contributed by atoms with van der Waals surface area (Å²) in [4.78, 5) is 8.21. The van der Waals surface area contributed by atoms with E-state index in [-0.39, 0.29) is 12.2 Å². The molecular formula is C41H50Cl2N2O5. The van der Waals surface area contributed by atoms with Crippen LogP contribution >= 0.6 is 23.2 Å². The maximum absolute atomic E-state index is 6.75. The molecule has 0 spiro atoms. The van der Waals surface area contributed by atoms with Crippen molar-refractivity contribution in [1.29, 1.82) is 0 Å². The summed E-state index contributed by atoms with van der Waals surface area (Å²) in [6.07, 6.45) is 1.22. The largest absolute Gasteiger partial charge is 0.374 e. The minimum atomic E-state index is -0.482. The second kappa shape index (κ2) is 21.4. The second-order valence-electron chi connectivity index (χ2n) is 12.4. The van der Waals surface area contributed by atoms with Crippen molar-refractivity contribution in [3.8, 4) is 0 Å².